The van der Waals surface area contributed by atoms with Gasteiger partial charge in [-0.05, 0) is 30.0 Å². The number of imidazole rings is 1. The van der Waals surface area contributed by atoms with Crippen molar-refractivity contribution in [2.75, 3.05) is 6.61 Å². The number of ether oxygens (including phenoxy) is 1. The molecule has 0 radical (unpaired) electrons. The molecule has 0 saturated carbocycles. The molecule has 0 fully saturated rings. The van der Waals surface area contributed by atoms with Crippen molar-refractivity contribution in [3.05, 3.63) is 48.0 Å². The molecule has 1 aromatic carbocycles. The molecule has 116 valence electrons. The number of benzene rings is 1. The molecule has 1 unspecified atom stereocenters. The molecule has 2 aromatic rings. The van der Waals surface area contributed by atoms with Gasteiger partial charge in [-0.2, -0.15) is 0 Å². The van der Waals surface area contributed by atoms with Gasteiger partial charge in [0.2, 0.25) is 0 Å². The molecule has 1 aromatic heterocycles. The second kappa shape index (κ2) is 8.05. The van der Waals surface area contributed by atoms with Crippen LogP contribution in [-0.4, -0.2) is 27.4 Å². The zero-order chi connectivity index (χ0) is 14.5. The summed E-state index contributed by atoms with van der Waals surface area (Å²) in [6.45, 7) is 7.09. The summed E-state index contributed by atoms with van der Waals surface area (Å²) in [7, 11) is 0. The number of aromatic nitrogens is 2. The quantitative estimate of drug-likeness (QED) is 0.891. The Morgan fingerprint density at radius 1 is 1.33 bits per heavy atom. The standard InChI is InChI=1S/C16H22N2O2.ClH/c1-12(2)15-5-4-13(3)8-16(15)20-10-14(19)9-18-7-6-17-11-18;/h4-8,11-12,14,19H,9-10H2,1-3H3;1H. The fraction of sp³-hybridized carbons (Fsp3) is 0.438. The number of aliphatic hydroxyl groups excluding tert-OH is 1. The predicted octanol–water partition coefficient (Wildman–Crippen LogP) is 3.18. The number of hydrogen-bond acceptors (Lipinski definition) is 3. The Balaban J connectivity index is 0.00000220. The van der Waals surface area contributed by atoms with E-state index in [0.717, 1.165) is 11.3 Å². The van der Waals surface area contributed by atoms with E-state index in [2.05, 4.69) is 31.0 Å². The summed E-state index contributed by atoms with van der Waals surface area (Å²) in [5, 5.41) is 10.0. The van der Waals surface area contributed by atoms with Crippen LogP contribution in [0, 0.1) is 6.92 Å². The van der Waals surface area contributed by atoms with Gasteiger partial charge >= 0.3 is 0 Å². The first-order valence-corrected chi connectivity index (χ1v) is 6.93. The Kier molecular flexibility index (Phi) is 6.72. The number of hydrogen-bond donors (Lipinski definition) is 1. The summed E-state index contributed by atoms with van der Waals surface area (Å²) in [5.74, 6) is 1.26. The van der Waals surface area contributed by atoms with E-state index in [-0.39, 0.29) is 19.0 Å². The Morgan fingerprint density at radius 3 is 2.71 bits per heavy atom. The molecule has 0 aliphatic carbocycles. The average molecular weight is 311 g/mol. The summed E-state index contributed by atoms with van der Waals surface area (Å²) in [6, 6.07) is 6.21. The Morgan fingerprint density at radius 2 is 2.10 bits per heavy atom. The van der Waals surface area contributed by atoms with Crippen LogP contribution >= 0.6 is 12.4 Å². The van der Waals surface area contributed by atoms with Crippen LogP contribution in [0.15, 0.2) is 36.9 Å². The van der Waals surface area contributed by atoms with Gasteiger partial charge in [-0.25, -0.2) is 4.98 Å². The molecule has 4 nitrogen and oxygen atoms in total. The minimum Gasteiger partial charge on any atom is -0.491 e. The first-order valence-electron chi connectivity index (χ1n) is 6.93. The predicted molar refractivity (Wildman–Crippen MR) is 86.2 cm³/mol. The average Bonchev–Trinajstić information content (AvgIpc) is 2.89. The molecule has 5 heteroatoms. The number of nitrogens with zero attached hydrogens (tertiary/aromatic N) is 2. The van der Waals surface area contributed by atoms with E-state index >= 15 is 0 Å². The maximum absolute atomic E-state index is 10.0. The Hall–Kier alpha value is -1.52. The van der Waals surface area contributed by atoms with Gasteiger partial charge in [-0.15, -0.1) is 12.4 Å². The van der Waals surface area contributed by atoms with E-state index in [9.17, 15) is 5.11 Å². The highest BCUT2D eigenvalue weighted by Crippen LogP contribution is 2.27. The van der Waals surface area contributed by atoms with Crippen LogP contribution in [0.5, 0.6) is 5.75 Å². The third kappa shape index (κ3) is 5.06. The van der Waals surface area contributed by atoms with Crippen molar-refractivity contribution in [2.45, 2.75) is 39.3 Å². The second-order valence-corrected chi connectivity index (χ2v) is 5.42. The van der Waals surface area contributed by atoms with Crippen molar-refractivity contribution in [2.24, 2.45) is 0 Å². The molecular weight excluding hydrogens is 288 g/mol. The lowest BCUT2D eigenvalue weighted by molar-refractivity contribution is 0.0918. The van der Waals surface area contributed by atoms with E-state index in [4.69, 9.17) is 4.74 Å². The molecule has 0 bridgehead atoms. The summed E-state index contributed by atoms with van der Waals surface area (Å²) < 4.78 is 7.65. The van der Waals surface area contributed by atoms with Crippen molar-refractivity contribution in [3.63, 3.8) is 0 Å². The minimum atomic E-state index is -0.551. The van der Waals surface area contributed by atoms with Crippen molar-refractivity contribution in [3.8, 4) is 5.75 Å². The summed E-state index contributed by atoms with van der Waals surface area (Å²) in [6.07, 6.45) is 4.67. The van der Waals surface area contributed by atoms with Crippen LogP contribution in [0.3, 0.4) is 0 Å². The molecule has 0 saturated heterocycles. The topological polar surface area (TPSA) is 47.3 Å². The third-order valence-corrected chi connectivity index (χ3v) is 3.20. The summed E-state index contributed by atoms with van der Waals surface area (Å²) >= 11 is 0. The van der Waals surface area contributed by atoms with Gasteiger partial charge in [0.15, 0.2) is 0 Å². The number of aliphatic hydroxyl groups is 1. The molecule has 0 aliphatic rings. The van der Waals surface area contributed by atoms with Crippen LogP contribution in [-0.2, 0) is 6.54 Å². The third-order valence-electron chi connectivity index (χ3n) is 3.20. The van der Waals surface area contributed by atoms with Gasteiger partial charge in [0, 0.05) is 12.4 Å². The lowest BCUT2D eigenvalue weighted by atomic mass is 10.0. The Bertz CT molecular complexity index is 541. The number of halogens is 1. The van der Waals surface area contributed by atoms with E-state index < -0.39 is 6.10 Å². The zero-order valence-corrected chi connectivity index (χ0v) is 13.5. The monoisotopic (exact) mass is 310 g/mol. The minimum absolute atomic E-state index is 0. The smallest absolute Gasteiger partial charge is 0.123 e. The highest BCUT2D eigenvalue weighted by molar-refractivity contribution is 5.85. The number of aryl methyl sites for hydroxylation is 1. The van der Waals surface area contributed by atoms with Gasteiger partial charge in [-0.3, -0.25) is 0 Å². The van der Waals surface area contributed by atoms with Crippen LogP contribution in [0.4, 0.5) is 0 Å². The van der Waals surface area contributed by atoms with Crippen molar-refractivity contribution in [1.29, 1.82) is 0 Å². The van der Waals surface area contributed by atoms with Crippen LogP contribution in [0.1, 0.15) is 30.9 Å². The van der Waals surface area contributed by atoms with E-state index in [1.807, 2.05) is 23.8 Å². The maximum Gasteiger partial charge on any atom is 0.123 e. The fourth-order valence-corrected chi connectivity index (χ4v) is 2.12. The van der Waals surface area contributed by atoms with Crippen LogP contribution in [0.25, 0.3) is 0 Å². The second-order valence-electron chi connectivity index (χ2n) is 5.42. The lowest BCUT2D eigenvalue weighted by Gasteiger charge is -2.17. The zero-order valence-electron chi connectivity index (χ0n) is 12.7. The molecule has 21 heavy (non-hydrogen) atoms. The van der Waals surface area contributed by atoms with Crippen molar-refractivity contribution in [1.82, 2.24) is 9.55 Å². The highest BCUT2D eigenvalue weighted by Gasteiger charge is 2.11. The molecule has 2 rings (SSSR count). The van der Waals surface area contributed by atoms with Gasteiger partial charge in [0.1, 0.15) is 18.5 Å². The van der Waals surface area contributed by atoms with E-state index in [0.29, 0.717) is 12.5 Å². The van der Waals surface area contributed by atoms with Gasteiger partial charge in [0.05, 0.1) is 12.9 Å². The Labute approximate surface area is 132 Å². The van der Waals surface area contributed by atoms with Gasteiger partial charge < -0.3 is 14.4 Å². The molecule has 1 atom stereocenters. The van der Waals surface area contributed by atoms with Crippen molar-refractivity contribution >= 4 is 12.4 Å². The maximum atomic E-state index is 10.0. The lowest BCUT2D eigenvalue weighted by Crippen LogP contribution is -2.23. The van der Waals surface area contributed by atoms with Crippen LogP contribution < -0.4 is 4.74 Å². The van der Waals surface area contributed by atoms with Gasteiger partial charge in [0.25, 0.3) is 0 Å². The molecule has 1 heterocycles. The highest BCUT2D eigenvalue weighted by atomic mass is 35.5. The number of rotatable bonds is 6. The fourth-order valence-electron chi connectivity index (χ4n) is 2.12. The molecule has 0 spiro atoms. The SMILES string of the molecule is Cc1ccc(C(C)C)c(OCC(O)Cn2ccnc2)c1.Cl. The van der Waals surface area contributed by atoms with Gasteiger partial charge in [-0.1, -0.05) is 26.0 Å². The summed E-state index contributed by atoms with van der Waals surface area (Å²) in [5.41, 5.74) is 2.33. The first-order chi connectivity index (χ1) is 9.56. The molecule has 0 aliphatic heterocycles. The molecular formula is C16H23ClN2O2. The summed E-state index contributed by atoms with van der Waals surface area (Å²) in [4.78, 5) is 3.95. The normalized spacial score (nSPS) is 12.0. The van der Waals surface area contributed by atoms with E-state index in [1.165, 1.54) is 5.56 Å². The first kappa shape index (κ1) is 17.5. The van der Waals surface area contributed by atoms with Crippen LogP contribution in [0.2, 0.25) is 0 Å². The van der Waals surface area contributed by atoms with E-state index in [1.54, 1.807) is 12.5 Å². The largest absolute Gasteiger partial charge is 0.491 e. The van der Waals surface area contributed by atoms with Crippen molar-refractivity contribution < 1.29 is 9.84 Å². The molecule has 1 N–H and O–H groups in total. The molecule has 0 amide bonds.